The molecule has 1 saturated heterocycles. The minimum Gasteiger partial charge on any atom is -0.349 e. The first-order valence-corrected chi connectivity index (χ1v) is 8.46. The van der Waals surface area contributed by atoms with Crippen LogP contribution >= 0.6 is 0 Å². The van der Waals surface area contributed by atoms with Crippen molar-refractivity contribution in [2.45, 2.75) is 46.6 Å². The number of rotatable bonds is 4. The van der Waals surface area contributed by atoms with Crippen LogP contribution in [0.1, 0.15) is 50.8 Å². The van der Waals surface area contributed by atoms with Crippen molar-refractivity contribution in [1.29, 1.82) is 0 Å². The summed E-state index contributed by atoms with van der Waals surface area (Å²) in [6.07, 6.45) is 1.50. The van der Waals surface area contributed by atoms with E-state index in [0.717, 1.165) is 18.7 Å². The molecule has 1 aliphatic heterocycles. The zero-order valence-electron chi connectivity index (χ0n) is 14.6. The molecule has 0 aromatic heterocycles. The van der Waals surface area contributed by atoms with E-state index in [1.807, 2.05) is 36.1 Å². The topological polar surface area (TPSA) is 49.4 Å². The van der Waals surface area contributed by atoms with E-state index in [0.29, 0.717) is 18.3 Å². The lowest BCUT2D eigenvalue weighted by Gasteiger charge is -2.36. The van der Waals surface area contributed by atoms with Crippen molar-refractivity contribution in [2.24, 2.45) is 11.8 Å². The minimum absolute atomic E-state index is 0.108. The predicted molar refractivity (Wildman–Crippen MR) is 91.9 cm³/mol. The summed E-state index contributed by atoms with van der Waals surface area (Å²) in [5.41, 5.74) is 2.15. The van der Waals surface area contributed by atoms with Crippen LogP contribution in [0, 0.1) is 18.8 Å². The van der Waals surface area contributed by atoms with E-state index in [-0.39, 0.29) is 17.9 Å². The molecule has 0 spiro atoms. The van der Waals surface area contributed by atoms with Crippen LogP contribution in [-0.4, -0.2) is 29.8 Å². The van der Waals surface area contributed by atoms with Crippen LogP contribution in [0.4, 0.5) is 0 Å². The largest absolute Gasteiger partial charge is 0.349 e. The Bertz CT molecular complexity index is 543. The maximum absolute atomic E-state index is 12.7. The Hall–Kier alpha value is -1.84. The molecule has 3 unspecified atom stereocenters. The van der Waals surface area contributed by atoms with Gasteiger partial charge >= 0.3 is 0 Å². The second-order valence-electron chi connectivity index (χ2n) is 7.11. The van der Waals surface area contributed by atoms with Crippen molar-refractivity contribution in [3.8, 4) is 0 Å². The first-order valence-electron chi connectivity index (χ1n) is 8.46. The Morgan fingerprint density at radius 1 is 1.17 bits per heavy atom. The number of carbonyl (C=O) groups excluding carboxylic acids is 2. The van der Waals surface area contributed by atoms with Crippen LogP contribution in [0.5, 0.6) is 0 Å². The fraction of sp³-hybridized carbons (Fsp3) is 0.579. The van der Waals surface area contributed by atoms with E-state index in [9.17, 15) is 9.59 Å². The summed E-state index contributed by atoms with van der Waals surface area (Å²) < 4.78 is 0. The molecule has 1 fully saturated rings. The monoisotopic (exact) mass is 316 g/mol. The van der Waals surface area contributed by atoms with Crippen LogP contribution in [-0.2, 0) is 9.59 Å². The number of carbonyl (C=O) groups is 2. The molecule has 2 rings (SSSR count). The van der Waals surface area contributed by atoms with Gasteiger partial charge in [-0.25, -0.2) is 0 Å². The first-order chi connectivity index (χ1) is 10.8. The van der Waals surface area contributed by atoms with Gasteiger partial charge in [-0.15, -0.1) is 0 Å². The summed E-state index contributed by atoms with van der Waals surface area (Å²) in [7, 11) is 0. The molecule has 0 radical (unpaired) electrons. The Labute approximate surface area is 139 Å². The number of piperidine rings is 1. The zero-order chi connectivity index (χ0) is 17.0. The lowest BCUT2D eigenvalue weighted by molar-refractivity contribution is -0.134. The molecule has 3 atom stereocenters. The first kappa shape index (κ1) is 17.5. The highest BCUT2D eigenvalue weighted by Crippen LogP contribution is 2.24. The van der Waals surface area contributed by atoms with Crippen molar-refractivity contribution in [3.05, 3.63) is 35.4 Å². The summed E-state index contributed by atoms with van der Waals surface area (Å²) >= 11 is 0. The van der Waals surface area contributed by atoms with Crippen molar-refractivity contribution < 1.29 is 9.59 Å². The van der Waals surface area contributed by atoms with Gasteiger partial charge in [0.2, 0.25) is 11.8 Å². The fourth-order valence-electron chi connectivity index (χ4n) is 3.47. The zero-order valence-corrected chi connectivity index (χ0v) is 14.6. The third-order valence-electron chi connectivity index (χ3n) is 4.46. The average molecular weight is 316 g/mol. The van der Waals surface area contributed by atoms with Gasteiger partial charge in [-0.05, 0) is 30.7 Å². The van der Waals surface area contributed by atoms with E-state index in [2.05, 4.69) is 19.2 Å². The second-order valence-corrected chi connectivity index (χ2v) is 7.11. The number of amides is 2. The molecule has 4 nitrogen and oxygen atoms in total. The molecule has 1 heterocycles. The van der Waals surface area contributed by atoms with Crippen molar-refractivity contribution in [2.75, 3.05) is 13.1 Å². The normalized spacial score (nSPS) is 22.5. The highest BCUT2D eigenvalue weighted by atomic mass is 16.2. The molecule has 126 valence electrons. The van der Waals surface area contributed by atoms with E-state index >= 15 is 0 Å². The van der Waals surface area contributed by atoms with Gasteiger partial charge in [0.25, 0.3) is 0 Å². The maximum Gasteiger partial charge on any atom is 0.225 e. The smallest absolute Gasteiger partial charge is 0.225 e. The van der Waals surface area contributed by atoms with Crippen LogP contribution in [0.25, 0.3) is 0 Å². The number of nitrogens with zero attached hydrogens (tertiary/aromatic N) is 1. The highest BCUT2D eigenvalue weighted by Gasteiger charge is 2.27. The second kappa shape index (κ2) is 7.62. The number of benzene rings is 1. The Balaban J connectivity index is 2.09. The molecule has 23 heavy (non-hydrogen) atoms. The van der Waals surface area contributed by atoms with E-state index in [1.165, 1.54) is 18.9 Å². The Morgan fingerprint density at radius 2 is 1.74 bits per heavy atom. The maximum atomic E-state index is 12.7. The van der Waals surface area contributed by atoms with Gasteiger partial charge in [0.15, 0.2) is 0 Å². The number of hydrogen-bond acceptors (Lipinski definition) is 2. The molecule has 4 heteroatoms. The lowest BCUT2D eigenvalue weighted by atomic mass is 9.91. The van der Waals surface area contributed by atoms with Gasteiger partial charge in [-0.2, -0.15) is 0 Å². The summed E-state index contributed by atoms with van der Waals surface area (Å²) in [6, 6.07) is 7.75. The van der Waals surface area contributed by atoms with Crippen LogP contribution in [0.2, 0.25) is 0 Å². The average Bonchev–Trinajstić information content (AvgIpc) is 2.45. The van der Waals surface area contributed by atoms with Crippen LogP contribution in [0.3, 0.4) is 0 Å². The third-order valence-corrected chi connectivity index (χ3v) is 4.46. The Morgan fingerprint density at radius 3 is 2.26 bits per heavy atom. The molecular weight excluding hydrogens is 288 g/mol. The molecule has 1 N–H and O–H groups in total. The molecule has 0 bridgehead atoms. The number of nitrogens with one attached hydrogen (secondary N) is 1. The summed E-state index contributed by atoms with van der Waals surface area (Å²) in [5.74, 6) is 1.11. The van der Waals surface area contributed by atoms with Crippen LogP contribution < -0.4 is 5.32 Å². The molecule has 1 aliphatic rings. The van der Waals surface area contributed by atoms with Gasteiger partial charge in [0, 0.05) is 20.0 Å². The highest BCUT2D eigenvalue weighted by molar-refractivity contribution is 5.79. The summed E-state index contributed by atoms with van der Waals surface area (Å²) in [6.45, 7) is 9.56. The quantitative estimate of drug-likeness (QED) is 0.928. The van der Waals surface area contributed by atoms with Crippen LogP contribution in [0.15, 0.2) is 24.3 Å². The van der Waals surface area contributed by atoms with Gasteiger partial charge in [0.05, 0.1) is 12.5 Å². The SMILES string of the molecule is CC(=O)NC(CC(=O)N1CC(C)CC(C)C1)c1ccc(C)cc1. The predicted octanol–water partition coefficient (Wildman–Crippen LogP) is 3.07. The fourth-order valence-corrected chi connectivity index (χ4v) is 3.47. The lowest BCUT2D eigenvalue weighted by Crippen LogP contribution is -2.44. The molecule has 1 aromatic rings. The third kappa shape index (κ3) is 5.08. The summed E-state index contributed by atoms with van der Waals surface area (Å²) in [4.78, 5) is 26.2. The van der Waals surface area contributed by atoms with Crippen molar-refractivity contribution >= 4 is 11.8 Å². The van der Waals surface area contributed by atoms with E-state index < -0.39 is 0 Å². The van der Waals surface area contributed by atoms with Gasteiger partial charge in [-0.1, -0.05) is 43.7 Å². The van der Waals surface area contributed by atoms with Gasteiger partial charge in [-0.3, -0.25) is 9.59 Å². The van der Waals surface area contributed by atoms with Gasteiger partial charge in [0.1, 0.15) is 0 Å². The molecule has 1 aromatic carbocycles. The van der Waals surface area contributed by atoms with Crippen molar-refractivity contribution in [3.63, 3.8) is 0 Å². The standard InChI is InChI=1S/C19H28N2O2/c1-13-5-7-17(8-6-13)18(20-16(4)22)10-19(23)21-11-14(2)9-15(3)12-21/h5-8,14-15,18H,9-12H2,1-4H3,(H,20,22). The molecule has 2 amide bonds. The minimum atomic E-state index is -0.256. The number of aryl methyl sites for hydroxylation is 1. The van der Waals surface area contributed by atoms with E-state index in [4.69, 9.17) is 0 Å². The van der Waals surface area contributed by atoms with Gasteiger partial charge < -0.3 is 10.2 Å². The van der Waals surface area contributed by atoms with E-state index in [1.54, 1.807) is 0 Å². The summed E-state index contributed by atoms with van der Waals surface area (Å²) in [5, 5.41) is 2.92. The Kier molecular flexibility index (Phi) is 5.80. The number of hydrogen-bond donors (Lipinski definition) is 1. The van der Waals surface area contributed by atoms with Crippen molar-refractivity contribution in [1.82, 2.24) is 10.2 Å². The molecular formula is C19H28N2O2. The molecule has 0 saturated carbocycles. The number of likely N-dealkylation sites (tertiary alicyclic amines) is 1. The molecule has 0 aliphatic carbocycles.